The normalized spacial score (nSPS) is 16.0. The molecule has 0 radical (unpaired) electrons. The Labute approximate surface area is 211 Å². The van der Waals surface area contributed by atoms with Gasteiger partial charge in [0.2, 0.25) is 0 Å². The molecule has 7 nitrogen and oxygen atoms in total. The van der Waals surface area contributed by atoms with Gasteiger partial charge in [-0.05, 0) is 53.8 Å². The summed E-state index contributed by atoms with van der Waals surface area (Å²) >= 11 is 0. The second-order valence-corrected chi connectivity index (χ2v) is 8.68. The van der Waals surface area contributed by atoms with E-state index in [1.54, 1.807) is 12.1 Å². The zero-order valence-corrected chi connectivity index (χ0v) is 20.7. The minimum Gasteiger partial charge on any atom is -0.485 e. The average Bonchev–Trinajstić information content (AvgIpc) is 2.90. The van der Waals surface area contributed by atoms with Gasteiger partial charge in [0.25, 0.3) is 0 Å². The first kappa shape index (κ1) is 25.3. The van der Waals surface area contributed by atoms with Gasteiger partial charge < -0.3 is 18.9 Å². The number of nitrogens with one attached hydrogen (secondary N) is 1. The fourth-order valence-corrected chi connectivity index (χ4v) is 4.29. The van der Waals surface area contributed by atoms with Crippen LogP contribution in [0.15, 0.2) is 72.8 Å². The summed E-state index contributed by atoms with van der Waals surface area (Å²) in [4.78, 5) is 23.7. The molecular formula is C29H31NO6. The molecule has 4 rings (SSSR count). The van der Waals surface area contributed by atoms with Crippen molar-refractivity contribution in [2.24, 2.45) is 0 Å². The first-order valence-electron chi connectivity index (χ1n) is 12.1. The molecule has 0 amide bonds. The molecule has 36 heavy (non-hydrogen) atoms. The van der Waals surface area contributed by atoms with Gasteiger partial charge >= 0.3 is 11.9 Å². The van der Waals surface area contributed by atoms with Crippen LogP contribution >= 0.6 is 0 Å². The van der Waals surface area contributed by atoms with Crippen molar-refractivity contribution in [1.29, 1.82) is 0 Å². The Kier molecular flexibility index (Phi) is 8.23. The molecular weight excluding hydrogens is 458 g/mol. The van der Waals surface area contributed by atoms with Crippen LogP contribution in [0.5, 0.6) is 17.2 Å². The van der Waals surface area contributed by atoms with Gasteiger partial charge in [0, 0.05) is 13.0 Å². The molecule has 0 saturated carbocycles. The molecule has 1 aliphatic rings. The molecule has 0 bridgehead atoms. The van der Waals surface area contributed by atoms with E-state index in [-0.39, 0.29) is 24.1 Å². The molecule has 1 aliphatic heterocycles. The van der Waals surface area contributed by atoms with E-state index in [1.165, 1.54) is 14.0 Å². The highest BCUT2D eigenvalue weighted by Gasteiger charge is 2.26. The lowest BCUT2D eigenvalue weighted by atomic mass is 10.00. The Hall–Kier alpha value is -3.84. The van der Waals surface area contributed by atoms with Crippen LogP contribution in [-0.4, -0.2) is 31.7 Å². The SMILES string of the molecule is CC[C@H](N[C@@H](Cc1ccc2c(c1)OC[C@H](c1ccc(OC(C)=O)cc1)O2)C(=O)OC)c1ccccc1. The molecule has 3 aromatic rings. The largest absolute Gasteiger partial charge is 0.485 e. The third-order valence-electron chi connectivity index (χ3n) is 6.12. The highest BCUT2D eigenvalue weighted by atomic mass is 16.6. The van der Waals surface area contributed by atoms with Gasteiger partial charge in [-0.15, -0.1) is 0 Å². The van der Waals surface area contributed by atoms with Crippen LogP contribution in [0.4, 0.5) is 0 Å². The molecule has 3 atom stereocenters. The number of carbonyl (C=O) groups excluding carboxylic acids is 2. The number of ether oxygens (including phenoxy) is 4. The molecule has 0 unspecified atom stereocenters. The van der Waals surface area contributed by atoms with Crippen LogP contribution in [0.3, 0.4) is 0 Å². The van der Waals surface area contributed by atoms with Gasteiger partial charge in [0.1, 0.15) is 18.4 Å². The molecule has 0 spiro atoms. The number of carbonyl (C=O) groups is 2. The van der Waals surface area contributed by atoms with E-state index < -0.39 is 6.04 Å². The first-order valence-corrected chi connectivity index (χ1v) is 12.1. The Morgan fingerprint density at radius 1 is 1.03 bits per heavy atom. The van der Waals surface area contributed by atoms with Crippen molar-refractivity contribution in [3.63, 3.8) is 0 Å². The summed E-state index contributed by atoms with van der Waals surface area (Å²) in [6, 6.07) is 22.5. The van der Waals surface area contributed by atoms with E-state index in [1.807, 2.05) is 48.5 Å². The van der Waals surface area contributed by atoms with E-state index >= 15 is 0 Å². The van der Waals surface area contributed by atoms with Crippen molar-refractivity contribution < 1.29 is 28.5 Å². The Bertz CT molecular complexity index is 1180. The zero-order valence-electron chi connectivity index (χ0n) is 20.7. The molecule has 188 valence electrons. The van der Waals surface area contributed by atoms with Crippen molar-refractivity contribution >= 4 is 11.9 Å². The smallest absolute Gasteiger partial charge is 0.323 e. The molecule has 1 N–H and O–H groups in total. The van der Waals surface area contributed by atoms with Gasteiger partial charge in [0.15, 0.2) is 17.6 Å². The summed E-state index contributed by atoms with van der Waals surface area (Å²) in [6.45, 7) is 3.80. The first-order chi connectivity index (χ1) is 17.5. The second kappa shape index (κ2) is 11.7. The number of methoxy groups -OCH3 is 1. The molecule has 7 heteroatoms. The lowest BCUT2D eigenvalue weighted by Gasteiger charge is -2.28. The molecule has 0 aliphatic carbocycles. The van der Waals surface area contributed by atoms with Gasteiger partial charge in [0.05, 0.1) is 7.11 Å². The number of hydrogen-bond acceptors (Lipinski definition) is 7. The van der Waals surface area contributed by atoms with Gasteiger partial charge in [-0.2, -0.15) is 0 Å². The van der Waals surface area contributed by atoms with E-state index in [9.17, 15) is 9.59 Å². The third kappa shape index (κ3) is 6.23. The van der Waals surface area contributed by atoms with Crippen LogP contribution in [0.1, 0.15) is 49.1 Å². The molecule has 0 fully saturated rings. The van der Waals surface area contributed by atoms with E-state index in [0.29, 0.717) is 30.3 Å². The lowest BCUT2D eigenvalue weighted by molar-refractivity contribution is -0.143. The monoisotopic (exact) mass is 489 g/mol. The molecule has 0 aromatic heterocycles. The number of rotatable bonds is 9. The van der Waals surface area contributed by atoms with E-state index in [0.717, 1.165) is 23.1 Å². The van der Waals surface area contributed by atoms with Crippen LogP contribution in [-0.2, 0) is 20.7 Å². The van der Waals surface area contributed by atoms with Crippen molar-refractivity contribution in [3.05, 3.63) is 89.5 Å². The standard InChI is InChI=1S/C29H31NO6/c1-4-24(21-8-6-5-7-9-21)30-25(29(32)33-3)16-20-10-15-26-27(17-20)34-18-28(36-26)22-11-13-23(14-12-22)35-19(2)31/h5-15,17,24-25,28,30H,4,16,18H2,1-3H3/t24-,25-,28+/m0/s1. The van der Waals surface area contributed by atoms with Gasteiger partial charge in [-0.3, -0.25) is 14.9 Å². The maximum atomic E-state index is 12.6. The minimum absolute atomic E-state index is 0.0282. The minimum atomic E-state index is -0.508. The number of benzene rings is 3. The Morgan fingerprint density at radius 2 is 1.78 bits per heavy atom. The second-order valence-electron chi connectivity index (χ2n) is 8.68. The Balaban J connectivity index is 1.45. The molecule has 3 aromatic carbocycles. The summed E-state index contributed by atoms with van der Waals surface area (Å²) < 4.78 is 22.4. The quantitative estimate of drug-likeness (QED) is 0.336. The summed E-state index contributed by atoms with van der Waals surface area (Å²) in [5.74, 6) is 1.09. The fraction of sp³-hybridized carbons (Fsp3) is 0.310. The van der Waals surface area contributed by atoms with E-state index in [2.05, 4.69) is 24.4 Å². The van der Waals surface area contributed by atoms with Crippen LogP contribution < -0.4 is 19.5 Å². The predicted octanol–water partition coefficient (Wildman–Crippen LogP) is 4.95. The van der Waals surface area contributed by atoms with Crippen molar-refractivity contribution in [2.45, 2.75) is 44.9 Å². The highest BCUT2D eigenvalue weighted by Crippen LogP contribution is 2.37. The zero-order chi connectivity index (χ0) is 25.5. The van der Waals surface area contributed by atoms with Crippen molar-refractivity contribution in [1.82, 2.24) is 5.32 Å². The van der Waals surface area contributed by atoms with Crippen LogP contribution in [0.2, 0.25) is 0 Å². The summed E-state index contributed by atoms with van der Waals surface area (Å²) in [5, 5.41) is 3.47. The molecule has 0 saturated heterocycles. The van der Waals surface area contributed by atoms with Crippen molar-refractivity contribution in [2.75, 3.05) is 13.7 Å². The van der Waals surface area contributed by atoms with Gasteiger partial charge in [-0.1, -0.05) is 55.5 Å². The highest BCUT2D eigenvalue weighted by molar-refractivity contribution is 5.76. The number of hydrogen-bond donors (Lipinski definition) is 1. The fourth-order valence-electron chi connectivity index (χ4n) is 4.29. The third-order valence-corrected chi connectivity index (χ3v) is 6.12. The number of fused-ring (bicyclic) bond motifs is 1. The van der Waals surface area contributed by atoms with Gasteiger partial charge in [-0.25, -0.2) is 0 Å². The van der Waals surface area contributed by atoms with Crippen molar-refractivity contribution in [3.8, 4) is 17.2 Å². The number of esters is 2. The topological polar surface area (TPSA) is 83.1 Å². The lowest BCUT2D eigenvalue weighted by Crippen LogP contribution is -2.41. The molecule has 1 heterocycles. The summed E-state index contributed by atoms with van der Waals surface area (Å²) in [7, 11) is 1.41. The van der Waals surface area contributed by atoms with Crippen LogP contribution in [0.25, 0.3) is 0 Å². The maximum absolute atomic E-state index is 12.6. The maximum Gasteiger partial charge on any atom is 0.323 e. The van der Waals surface area contributed by atoms with Crippen LogP contribution in [0, 0.1) is 0 Å². The Morgan fingerprint density at radius 3 is 2.44 bits per heavy atom. The summed E-state index contributed by atoms with van der Waals surface area (Å²) in [5.41, 5.74) is 2.98. The van der Waals surface area contributed by atoms with E-state index in [4.69, 9.17) is 18.9 Å². The summed E-state index contributed by atoms with van der Waals surface area (Å²) in [6.07, 6.45) is 1.01. The predicted molar refractivity (Wildman–Crippen MR) is 135 cm³/mol. The average molecular weight is 490 g/mol.